The van der Waals surface area contributed by atoms with Crippen LogP contribution >= 0.6 is 0 Å². The van der Waals surface area contributed by atoms with Gasteiger partial charge in [-0.25, -0.2) is 0 Å². The SMILES string of the molecule is COc1ccc(C2CNCCO2)cc1C(C)C. The third-order valence-electron chi connectivity index (χ3n) is 3.18. The van der Waals surface area contributed by atoms with Gasteiger partial charge in [0.15, 0.2) is 0 Å². The molecule has 1 unspecified atom stereocenters. The lowest BCUT2D eigenvalue weighted by molar-refractivity contribution is 0.0276. The van der Waals surface area contributed by atoms with Gasteiger partial charge in [0.25, 0.3) is 0 Å². The van der Waals surface area contributed by atoms with Crippen LogP contribution in [0.2, 0.25) is 0 Å². The van der Waals surface area contributed by atoms with Gasteiger partial charge in [-0.1, -0.05) is 19.9 Å². The Kier molecular flexibility index (Phi) is 4.02. The summed E-state index contributed by atoms with van der Waals surface area (Å²) in [5.41, 5.74) is 2.49. The van der Waals surface area contributed by atoms with E-state index in [1.54, 1.807) is 7.11 Å². The molecule has 2 rings (SSSR count). The summed E-state index contributed by atoms with van der Waals surface area (Å²) in [6.07, 6.45) is 0.173. The number of benzene rings is 1. The molecule has 0 bridgehead atoms. The predicted octanol–water partition coefficient (Wildman–Crippen LogP) is 2.48. The van der Waals surface area contributed by atoms with Gasteiger partial charge in [0.2, 0.25) is 0 Å². The van der Waals surface area contributed by atoms with Gasteiger partial charge >= 0.3 is 0 Å². The molecule has 0 spiro atoms. The molecule has 3 nitrogen and oxygen atoms in total. The maximum atomic E-state index is 5.77. The topological polar surface area (TPSA) is 30.5 Å². The summed E-state index contributed by atoms with van der Waals surface area (Å²) in [6, 6.07) is 6.35. The average Bonchev–Trinajstić information content (AvgIpc) is 2.39. The molecule has 1 atom stereocenters. The average molecular weight is 235 g/mol. The van der Waals surface area contributed by atoms with Crippen molar-refractivity contribution in [2.75, 3.05) is 26.8 Å². The van der Waals surface area contributed by atoms with E-state index in [4.69, 9.17) is 9.47 Å². The maximum Gasteiger partial charge on any atom is 0.122 e. The van der Waals surface area contributed by atoms with Crippen molar-refractivity contribution in [2.45, 2.75) is 25.9 Å². The van der Waals surface area contributed by atoms with Crippen molar-refractivity contribution in [3.8, 4) is 5.75 Å². The third kappa shape index (κ3) is 2.79. The van der Waals surface area contributed by atoms with Gasteiger partial charge < -0.3 is 14.8 Å². The summed E-state index contributed by atoms with van der Waals surface area (Å²) in [6.45, 7) is 6.99. The van der Waals surface area contributed by atoms with Gasteiger partial charge in [0.05, 0.1) is 19.8 Å². The highest BCUT2D eigenvalue weighted by Crippen LogP contribution is 2.30. The maximum absolute atomic E-state index is 5.77. The van der Waals surface area contributed by atoms with Gasteiger partial charge in [-0.05, 0) is 29.2 Å². The van der Waals surface area contributed by atoms with Crippen LogP contribution in [-0.4, -0.2) is 26.8 Å². The second-order valence-corrected chi connectivity index (χ2v) is 4.72. The number of hydrogen-bond acceptors (Lipinski definition) is 3. The molecule has 0 saturated carbocycles. The highest BCUT2D eigenvalue weighted by Gasteiger charge is 2.17. The minimum atomic E-state index is 0.173. The second kappa shape index (κ2) is 5.52. The van der Waals surface area contributed by atoms with E-state index in [9.17, 15) is 0 Å². The van der Waals surface area contributed by atoms with Gasteiger partial charge in [-0.2, -0.15) is 0 Å². The molecule has 94 valence electrons. The number of hydrogen-bond donors (Lipinski definition) is 1. The van der Waals surface area contributed by atoms with Crippen LogP contribution in [0.25, 0.3) is 0 Å². The van der Waals surface area contributed by atoms with E-state index >= 15 is 0 Å². The zero-order valence-electron chi connectivity index (χ0n) is 10.8. The van der Waals surface area contributed by atoms with Crippen molar-refractivity contribution in [3.05, 3.63) is 29.3 Å². The summed E-state index contributed by atoms with van der Waals surface area (Å²) in [4.78, 5) is 0. The lowest BCUT2D eigenvalue weighted by atomic mass is 9.97. The number of nitrogens with one attached hydrogen (secondary N) is 1. The smallest absolute Gasteiger partial charge is 0.122 e. The molecule has 1 heterocycles. The largest absolute Gasteiger partial charge is 0.496 e. The van der Waals surface area contributed by atoms with E-state index < -0.39 is 0 Å². The molecule has 1 aromatic rings. The number of methoxy groups -OCH3 is 1. The molecule has 0 radical (unpaired) electrons. The van der Waals surface area contributed by atoms with Crippen LogP contribution in [0.1, 0.15) is 37.0 Å². The zero-order valence-corrected chi connectivity index (χ0v) is 10.8. The van der Waals surface area contributed by atoms with Crippen LogP contribution in [0.5, 0.6) is 5.75 Å². The quantitative estimate of drug-likeness (QED) is 0.873. The van der Waals surface area contributed by atoms with Crippen LogP contribution in [0.15, 0.2) is 18.2 Å². The lowest BCUT2D eigenvalue weighted by Gasteiger charge is -2.25. The first-order valence-corrected chi connectivity index (χ1v) is 6.22. The van der Waals surface area contributed by atoms with Crippen LogP contribution in [-0.2, 0) is 4.74 Å². The van der Waals surface area contributed by atoms with E-state index in [2.05, 4.69) is 31.3 Å². The van der Waals surface area contributed by atoms with Gasteiger partial charge in [-0.3, -0.25) is 0 Å². The standard InChI is InChI=1S/C14H21NO2/c1-10(2)12-8-11(4-5-13(12)16-3)14-9-15-6-7-17-14/h4-5,8,10,14-15H,6-7,9H2,1-3H3. The fourth-order valence-corrected chi connectivity index (χ4v) is 2.18. The Morgan fingerprint density at radius 2 is 2.24 bits per heavy atom. The predicted molar refractivity (Wildman–Crippen MR) is 68.6 cm³/mol. The van der Waals surface area contributed by atoms with Crippen molar-refractivity contribution >= 4 is 0 Å². The second-order valence-electron chi connectivity index (χ2n) is 4.72. The highest BCUT2D eigenvalue weighted by atomic mass is 16.5. The summed E-state index contributed by atoms with van der Waals surface area (Å²) in [7, 11) is 1.72. The Morgan fingerprint density at radius 3 is 2.82 bits per heavy atom. The molecule has 1 aliphatic rings. The van der Waals surface area contributed by atoms with Crippen LogP contribution in [0.3, 0.4) is 0 Å². The number of ether oxygens (including phenoxy) is 2. The summed E-state index contributed by atoms with van der Waals surface area (Å²) in [5, 5.41) is 3.35. The van der Waals surface area contributed by atoms with E-state index in [1.807, 2.05) is 6.07 Å². The molecule has 1 N–H and O–H groups in total. The zero-order chi connectivity index (χ0) is 12.3. The van der Waals surface area contributed by atoms with Crippen molar-refractivity contribution in [3.63, 3.8) is 0 Å². The number of rotatable bonds is 3. The van der Waals surface area contributed by atoms with Gasteiger partial charge in [-0.15, -0.1) is 0 Å². The molecular weight excluding hydrogens is 214 g/mol. The van der Waals surface area contributed by atoms with Crippen molar-refractivity contribution in [2.24, 2.45) is 0 Å². The van der Waals surface area contributed by atoms with E-state index in [0.717, 1.165) is 25.4 Å². The molecule has 1 aromatic carbocycles. The highest BCUT2D eigenvalue weighted by molar-refractivity contribution is 5.40. The lowest BCUT2D eigenvalue weighted by Crippen LogP contribution is -2.33. The first-order chi connectivity index (χ1) is 8.22. The fraction of sp³-hybridized carbons (Fsp3) is 0.571. The molecule has 0 amide bonds. The summed E-state index contributed by atoms with van der Waals surface area (Å²) in [5.74, 6) is 1.42. The molecular formula is C14H21NO2. The van der Waals surface area contributed by atoms with Crippen LogP contribution < -0.4 is 10.1 Å². The van der Waals surface area contributed by atoms with Gasteiger partial charge in [0, 0.05) is 13.1 Å². The van der Waals surface area contributed by atoms with Crippen LogP contribution in [0.4, 0.5) is 0 Å². The monoisotopic (exact) mass is 235 g/mol. The Bertz CT molecular complexity index is 370. The Morgan fingerprint density at radius 1 is 1.41 bits per heavy atom. The van der Waals surface area contributed by atoms with E-state index in [-0.39, 0.29) is 6.10 Å². The van der Waals surface area contributed by atoms with Crippen LogP contribution in [0, 0.1) is 0 Å². The Labute approximate surface area is 103 Å². The third-order valence-corrected chi connectivity index (χ3v) is 3.18. The van der Waals surface area contributed by atoms with E-state index in [0.29, 0.717) is 5.92 Å². The molecule has 0 aliphatic carbocycles. The molecule has 3 heteroatoms. The minimum absolute atomic E-state index is 0.173. The van der Waals surface area contributed by atoms with Crippen molar-refractivity contribution in [1.29, 1.82) is 0 Å². The first kappa shape index (κ1) is 12.4. The van der Waals surface area contributed by atoms with Gasteiger partial charge in [0.1, 0.15) is 5.75 Å². The summed E-state index contributed by atoms with van der Waals surface area (Å²) >= 11 is 0. The Hall–Kier alpha value is -1.06. The molecule has 0 aromatic heterocycles. The molecule has 1 fully saturated rings. The fourth-order valence-electron chi connectivity index (χ4n) is 2.18. The van der Waals surface area contributed by atoms with Crippen molar-refractivity contribution < 1.29 is 9.47 Å². The molecule has 1 aliphatic heterocycles. The summed E-state index contributed by atoms with van der Waals surface area (Å²) < 4.78 is 11.2. The number of morpholine rings is 1. The normalized spacial score (nSPS) is 20.6. The molecule has 1 saturated heterocycles. The minimum Gasteiger partial charge on any atom is -0.496 e. The van der Waals surface area contributed by atoms with Crippen molar-refractivity contribution in [1.82, 2.24) is 5.32 Å². The molecule has 17 heavy (non-hydrogen) atoms. The van der Waals surface area contributed by atoms with E-state index in [1.165, 1.54) is 11.1 Å². The Balaban J connectivity index is 2.26. The first-order valence-electron chi connectivity index (χ1n) is 6.22.